The first-order chi connectivity index (χ1) is 9.72. The molecule has 2 heterocycles. The molecule has 0 radical (unpaired) electrons. The highest BCUT2D eigenvalue weighted by atomic mass is 16.5. The van der Waals surface area contributed by atoms with E-state index >= 15 is 0 Å². The third-order valence-electron chi connectivity index (χ3n) is 3.02. The van der Waals surface area contributed by atoms with Crippen molar-refractivity contribution in [2.75, 3.05) is 12.5 Å². The Bertz CT molecular complexity index is 685. The van der Waals surface area contributed by atoms with Gasteiger partial charge in [0.05, 0.1) is 23.9 Å². The average Bonchev–Trinajstić information content (AvgIpc) is 2.73. The van der Waals surface area contributed by atoms with Gasteiger partial charge in [-0.05, 0) is 24.3 Å². The number of fused-ring (bicyclic) bond motifs is 1. The van der Waals surface area contributed by atoms with Gasteiger partial charge in [-0.2, -0.15) is 5.01 Å². The number of hydrazine groups is 1. The fourth-order valence-corrected chi connectivity index (χ4v) is 2.08. The summed E-state index contributed by atoms with van der Waals surface area (Å²) in [4.78, 5) is 28.5. The maximum atomic E-state index is 12.3. The molecule has 0 atom stereocenters. The maximum absolute atomic E-state index is 12.3. The van der Waals surface area contributed by atoms with E-state index in [4.69, 9.17) is 4.74 Å². The number of nitrogens with one attached hydrogen (secondary N) is 1. The van der Waals surface area contributed by atoms with Crippen LogP contribution < -0.4 is 10.2 Å². The van der Waals surface area contributed by atoms with E-state index in [2.05, 4.69) is 10.4 Å². The second-order valence-electron chi connectivity index (χ2n) is 4.18. The van der Waals surface area contributed by atoms with Crippen molar-refractivity contribution < 1.29 is 14.3 Å². The molecule has 0 aliphatic carbocycles. The predicted octanol–water partition coefficient (Wildman–Crippen LogP) is 1.71. The molecule has 1 aromatic carbocycles. The van der Waals surface area contributed by atoms with Crippen LogP contribution in [0.5, 0.6) is 5.75 Å². The molecular weight excluding hydrogens is 258 g/mol. The standard InChI is InChI=1S/C14H11N3O3/c1-20-11-4-2-3-10-12(11)14(19)17(13(10)18)16-9-5-7-15-8-6-9/h2-8H,1H3,(H,15,16). The molecule has 1 N–H and O–H groups in total. The maximum Gasteiger partial charge on any atom is 0.284 e. The fraction of sp³-hybridized carbons (Fsp3) is 0.0714. The van der Waals surface area contributed by atoms with Crippen molar-refractivity contribution in [1.82, 2.24) is 9.99 Å². The second kappa shape index (κ2) is 4.65. The van der Waals surface area contributed by atoms with E-state index in [1.54, 1.807) is 42.7 Å². The molecule has 6 heteroatoms. The Labute approximate surface area is 115 Å². The summed E-state index contributed by atoms with van der Waals surface area (Å²) in [5.74, 6) is -0.445. The van der Waals surface area contributed by atoms with Gasteiger partial charge in [0, 0.05) is 12.4 Å². The molecule has 0 saturated heterocycles. The first-order valence-electron chi connectivity index (χ1n) is 5.95. The summed E-state index contributed by atoms with van der Waals surface area (Å²) < 4.78 is 5.14. The molecule has 0 unspecified atom stereocenters. The molecule has 1 aliphatic heterocycles. The second-order valence-corrected chi connectivity index (χ2v) is 4.18. The Hall–Kier alpha value is -2.89. The quantitative estimate of drug-likeness (QED) is 0.859. The number of anilines is 1. The van der Waals surface area contributed by atoms with Gasteiger partial charge in [-0.3, -0.25) is 20.0 Å². The van der Waals surface area contributed by atoms with Gasteiger partial charge in [-0.15, -0.1) is 0 Å². The predicted molar refractivity (Wildman–Crippen MR) is 71.4 cm³/mol. The number of nitrogens with zero attached hydrogens (tertiary/aromatic N) is 2. The number of ether oxygens (including phenoxy) is 1. The number of amides is 2. The van der Waals surface area contributed by atoms with Crippen LogP contribution in [0.2, 0.25) is 0 Å². The highest BCUT2D eigenvalue weighted by Gasteiger charge is 2.38. The Morgan fingerprint density at radius 2 is 1.85 bits per heavy atom. The molecule has 0 fully saturated rings. The summed E-state index contributed by atoms with van der Waals surface area (Å²) in [5, 5.41) is 0.975. The first kappa shape index (κ1) is 12.2. The van der Waals surface area contributed by atoms with E-state index in [-0.39, 0.29) is 5.56 Å². The average molecular weight is 269 g/mol. The SMILES string of the molecule is COc1cccc2c1C(=O)N(Nc1ccncc1)C2=O. The smallest absolute Gasteiger partial charge is 0.284 e. The molecule has 6 nitrogen and oxygen atoms in total. The van der Waals surface area contributed by atoms with Crippen molar-refractivity contribution in [2.24, 2.45) is 0 Å². The minimum absolute atomic E-state index is 0.279. The van der Waals surface area contributed by atoms with Crippen LogP contribution in [0, 0.1) is 0 Å². The van der Waals surface area contributed by atoms with Crippen molar-refractivity contribution in [1.29, 1.82) is 0 Å². The lowest BCUT2D eigenvalue weighted by Crippen LogP contribution is -2.35. The molecule has 0 spiro atoms. The van der Waals surface area contributed by atoms with Crippen LogP contribution >= 0.6 is 0 Å². The van der Waals surface area contributed by atoms with Crippen LogP contribution in [0.1, 0.15) is 20.7 Å². The van der Waals surface area contributed by atoms with Gasteiger partial charge >= 0.3 is 0 Å². The van der Waals surface area contributed by atoms with E-state index < -0.39 is 11.8 Å². The van der Waals surface area contributed by atoms with Crippen LogP contribution in [-0.4, -0.2) is 28.9 Å². The largest absolute Gasteiger partial charge is 0.496 e. The molecule has 1 aliphatic rings. The van der Waals surface area contributed by atoms with Gasteiger partial charge in [-0.25, -0.2) is 0 Å². The minimum Gasteiger partial charge on any atom is -0.496 e. The van der Waals surface area contributed by atoms with Crippen molar-refractivity contribution in [3.05, 3.63) is 53.9 Å². The lowest BCUT2D eigenvalue weighted by atomic mass is 10.1. The molecule has 20 heavy (non-hydrogen) atoms. The van der Waals surface area contributed by atoms with E-state index in [0.29, 0.717) is 17.0 Å². The number of rotatable bonds is 3. The molecule has 0 saturated carbocycles. The highest BCUT2D eigenvalue weighted by Crippen LogP contribution is 2.30. The number of benzene rings is 1. The third kappa shape index (κ3) is 1.78. The van der Waals surface area contributed by atoms with Crippen molar-refractivity contribution in [2.45, 2.75) is 0 Å². The zero-order valence-corrected chi connectivity index (χ0v) is 10.7. The summed E-state index contributed by atoms with van der Waals surface area (Å²) in [5.41, 5.74) is 3.99. The van der Waals surface area contributed by atoms with Crippen molar-refractivity contribution in [3.8, 4) is 5.75 Å². The molecule has 0 bridgehead atoms. The number of carbonyl (C=O) groups excluding carboxylic acids is 2. The van der Waals surface area contributed by atoms with Crippen molar-refractivity contribution >= 4 is 17.5 Å². The van der Waals surface area contributed by atoms with E-state index in [9.17, 15) is 9.59 Å². The number of methoxy groups -OCH3 is 1. The monoisotopic (exact) mass is 269 g/mol. The van der Waals surface area contributed by atoms with Crippen LogP contribution in [0.4, 0.5) is 5.69 Å². The number of carbonyl (C=O) groups is 2. The lowest BCUT2D eigenvalue weighted by molar-refractivity contribution is 0.0690. The molecule has 100 valence electrons. The Morgan fingerprint density at radius 3 is 2.55 bits per heavy atom. The van der Waals surface area contributed by atoms with Gasteiger partial charge in [0.25, 0.3) is 11.8 Å². The van der Waals surface area contributed by atoms with E-state index in [0.717, 1.165) is 5.01 Å². The van der Waals surface area contributed by atoms with Crippen LogP contribution in [0.3, 0.4) is 0 Å². The normalized spacial score (nSPS) is 13.3. The third-order valence-corrected chi connectivity index (χ3v) is 3.02. The summed E-state index contributed by atoms with van der Waals surface area (Å²) >= 11 is 0. The Balaban J connectivity index is 1.98. The molecular formula is C14H11N3O3. The summed E-state index contributed by atoms with van der Waals surface area (Å²) in [7, 11) is 1.46. The minimum atomic E-state index is -0.431. The lowest BCUT2D eigenvalue weighted by Gasteiger charge is -2.16. The molecule has 2 amide bonds. The molecule has 2 aromatic rings. The molecule has 1 aromatic heterocycles. The topological polar surface area (TPSA) is 71.5 Å². The Morgan fingerprint density at radius 1 is 1.10 bits per heavy atom. The van der Waals surface area contributed by atoms with Crippen LogP contribution in [-0.2, 0) is 0 Å². The van der Waals surface area contributed by atoms with Gasteiger partial charge in [0.2, 0.25) is 0 Å². The van der Waals surface area contributed by atoms with Gasteiger partial charge in [-0.1, -0.05) is 6.07 Å². The van der Waals surface area contributed by atoms with E-state index in [1.165, 1.54) is 7.11 Å². The first-order valence-corrected chi connectivity index (χ1v) is 5.95. The van der Waals surface area contributed by atoms with Gasteiger partial charge < -0.3 is 4.74 Å². The summed E-state index contributed by atoms with van der Waals surface area (Å²) in [6, 6.07) is 8.27. The van der Waals surface area contributed by atoms with E-state index in [1.807, 2.05) is 0 Å². The van der Waals surface area contributed by atoms with Crippen LogP contribution in [0.25, 0.3) is 0 Å². The number of imide groups is 1. The number of aromatic nitrogens is 1. The van der Waals surface area contributed by atoms with Crippen molar-refractivity contribution in [3.63, 3.8) is 0 Å². The Kier molecular flexibility index (Phi) is 2.83. The zero-order chi connectivity index (χ0) is 14.1. The number of hydrogen-bond acceptors (Lipinski definition) is 5. The fourth-order valence-electron chi connectivity index (χ4n) is 2.08. The van der Waals surface area contributed by atoms with Crippen LogP contribution in [0.15, 0.2) is 42.7 Å². The molecule has 3 rings (SSSR count). The van der Waals surface area contributed by atoms with Gasteiger partial charge in [0.1, 0.15) is 5.75 Å². The number of hydrogen-bond donors (Lipinski definition) is 1. The highest BCUT2D eigenvalue weighted by molar-refractivity contribution is 6.23. The number of pyridine rings is 1. The zero-order valence-electron chi connectivity index (χ0n) is 10.7. The van der Waals surface area contributed by atoms with Gasteiger partial charge in [0.15, 0.2) is 0 Å². The summed E-state index contributed by atoms with van der Waals surface area (Å²) in [6.07, 6.45) is 3.14. The summed E-state index contributed by atoms with van der Waals surface area (Å²) in [6.45, 7) is 0.